The fraction of sp³-hybridized carbons (Fsp3) is 0.556. The highest BCUT2D eigenvalue weighted by Crippen LogP contribution is 2.39. The normalized spacial score (nSPS) is 21.4. The molecule has 2 aliphatic rings. The van der Waals surface area contributed by atoms with Crippen LogP contribution in [-0.2, 0) is 11.5 Å². The lowest BCUT2D eigenvalue weighted by molar-refractivity contribution is 0.0899. The first-order valence-electron chi connectivity index (χ1n) is 12.9. The third-order valence-corrected chi connectivity index (χ3v) is 9.11. The minimum atomic E-state index is -1.12. The van der Waals surface area contributed by atoms with Crippen molar-refractivity contribution in [3.8, 4) is 11.3 Å². The third-order valence-electron chi connectivity index (χ3n) is 7.40. The molecule has 1 spiro atoms. The van der Waals surface area contributed by atoms with E-state index in [4.69, 9.17) is 14.7 Å². The van der Waals surface area contributed by atoms with Gasteiger partial charge < -0.3 is 19.5 Å². The number of nitrogens with zero attached hydrogens (tertiary/aromatic N) is 4. The van der Waals surface area contributed by atoms with E-state index >= 15 is 0 Å². The smallest absolute Gasteiger partial charge is 0.144 e. The van der Waals surface area contributed by atoms with Crippen LogP contribution in [0.5, 0.6) is 0 Å². The monoisotopic (exact) mass is 477 g/mol. The molecular formula is C27H39N5OSi. The Hall–Kier alpha value is -2.22. The van der Waals surface area contributed by atoms with Gasteiger partial charge in [-0.15, -0.1) is 0 Å². The minimum Gasteiger partial charge on any atom is -0.369 e. The summed E-state index contributed by atoms with van der Waals surface area (Å²) in [5, 5.41) is 5.09. The first-order valence-corrected chi connectivity index (χ1v) is 16.6. The summed E-state index contributed by atoms with van der Waals surface area (Å²) in [7, 11) is -1.12. The van der Waals surface area contributed by atoms with Gasteiger partial charge in [0.2, 0.25) is 0 Å². The average Bonchev–Trinajstić information content (AvgIpc) is 3.21. The SMILES string of the molecule is C[Si](C)(C)CCOCn1cc(-c2ccccn2)c2c(N3CCCC4(CCCCN4)C3)ccnc21. The zero-order chi connectivity index (χ0) is 23.6. The van der Waals surface area contributed by atoms with Gasteiger partial charge in [0.1, 0.15) is 12.4 Å². The second-order valence-corrected chi connectivity index (χ2v) is 16.9. The lowest BCUT2D eigenvalue weighted by Gasteiger charge is -2.47. The fourth-order valence-corrected chi connectivity index (χ4v) is 6.29. The zero-order valence-corrected chi connectivity index (χ0v) is 22.0. The first kappa shape index (κ1) is 23.5. The lowest BCUT2D eigenvalue weighted by atomic mass is 9.81. The largest absolute Gasteiger partial charge is 0.369 e. The van der Waals surface area contributed by atoms with Crippen molar-refractivity contribution in [1.29, 1.82) is 0 Å². The molecule has 7 heteroatoms. The van der Waals surface area contributed by atoms with Crippen LogP contribution in [0.2, 0.25) is 25.7 Å². The van der Waals surface area contributed by atoms with E-state index in [1.807, 2.05) is 18.5 Å². The molecule has 2 fully saturated rings. The Morgan fingerprint density at radius 1 is 1.06 bits per heavy atom. The van der Waals surface area contributed by atoms with Gasteiger partial charge in [0.05, 0.1) is 16.8 Å². The van der Waals surface area contributed by atoms with Crippen molar-refractivity contribution >= 4 is 24.8 Å². The van der Waals surface area contributed by atoms with Gasteiger partial charge in [0.25, 0.3) is 0 Å². The maximum absolute atomic E-state index is 6.14. The number of ether oxygens (including phenoxy) is 1. The fourth-order valence-electron chi connectivity index (χ4n) is 5.53. The van der Waals surface area contributed by atoms with Crippen LogP contribution in [0.3, 0.4) is 0 Å². The predicted octanol–water partition coefficient (Wildman–Crippen LogP) is 5.52. The van der Waals surface area contributed by atoms with Crippen molar-refractivity contribution < 1.29 is 4.74 Å². The highest BCUT2D eigenvalue weighted by Gasteiger charge is 2.37. The Morgan fingerprint density at radius 3 is 2.71 bits per heavy atom. The number of pyridine rings is 2. The lowest BCUT2D eigenvalue weighted by Crippen LogP contribution is -2.59. The summed E-state index contributed by atoms with van der Waals surface area (Å²) in [4.78, 5) is 12.1. The van der Waals surface area contributed by atoms with Gasteiger partial charge in [-0.1, -0.05) is 32.1 Å². The molecule has 0 amide bonds. The van der Waals surface area contributed by atoms with Crippen molar-refractivity contribution in [2.45, 2.75) is 70.1 Å². The summed E-state index contributed by atoms with van der Waals surface area (Å²) in [5.74, 6) is 0. The van der Waals surface area contributed by atoms with Crippen molar-refractivity contribution in [1.82, 2.24) is 19.9 Å². The molecule has 6 nitrogen and oxygen atoms in total. The molecule has 0 radical (unpaired) electrons. The topological polar surface area (TPSA) is 55.2 Å². The average molecular weight is 478 g/mol. The number of nitrogens with one attached hydrogen (secondary N) is 1. The number of hydrogen-bond acceptors (Lipinski definition) is 5. The molecule has 1 N–H and O–H groups in total. The molecule has 5 heterocycles. The second-order valence-electron chi connectivity index (χ2n) is 11.3. The summed E-state index contributed by atoms with van der Waals surface area (Å²) in [6.45, 7) is 11.8. The number of hydrogen-bond donors (Lipinski definition) is 1. The van der Waals surface area contributed by atoms with Gasteiger partial charge in [-0.25, -0.2) is 4.98 Å². The van der Waals surface area contributed by atoms with E-state index in [-0.39, 0.29) is 5.54 Å². The predicted molar refractivity (Wildman–Crippen MR) is 143 cm³/mol. The maximum Gasteiger partial charge on any atom is 0.144 e. The Bertz CT molecular complexity index is 1100. The molecule has 3 aromatic rings. The van der Waals surface area contributed by atoms with Crippen molar-refractivity contribution in [3.63, 3.8) is 0 Å². The van der Waals surface area contributed by atoms with Crippen molar-refractivity contribution in [3.05, 3.63) is 42.9 Å². The van der Waals surface area contributed by atoms with Crippen LogP contribution in [-0.4, -0.2) is 54.4 Å². The molecule has 1 unspecified atom stereocenters. The van der Waals surface area contributed by atoms with Crippen LogP contribution >= 0.6 is 0 Å². The van der Waals surface area contributed by atoms with Gasteiger partial charge in [0, 0.05) is 57.5 Å². The van der Waals surface area contributed by atoms with Gasteiger partial charge in [-0.05, 0) is 56.5 Å². The number of fused-ring (bicyclic) bond motifs is 1. The molecule has 3 aromatic heterocycles. The molecular weight excluding hydrogens is 438 g/mol. The van der Waals surface area contributed by atoms with Crippen molar-refractivity contribution in [2.24, 2.45) is 0 Å². The quantitative estimate of drug-likeness (QED) is 0.358. The molecule has 34 heavy (non-hydrogen) atoms. The van der Waals surface area contributed by atoms with E-state index in [9.17, 15) is 0 Å². The van der Waals surface area contributed by atoms with E-state index in [2.05, 4.69) is 58.8 Å². The Kier molecular flexibility index (Phi) is 6.78. The van der Waals surface area contributed by atoms with Crippen LogP contribution in [0.4, 0.5) is 5.69 Å². The van der Waals surface area contributed by atoms with E-state index in [0.29, 0.717) is 6.73 Å². The number of aromatic nitrogens is 3. The van der Waals surface area contributed by atoms with E-state index in [1.165, 1.54) is 49.2 Å². The maximum atomic E-state index is 6.14. The molecule has 2 aliphatic heterocycles. The summed E-state index contributed by atoms with van der Waals surface area (Å²) < 4.78 is 8.31. The van der Waals surface area contributed by atoms with Crippen LogP contribution in [0.25, 0.3) is 22.3 Å². The summed E-state index contributed by atoms with van der Waals surface area (Å²) in [5.41, 5.74) is 4.65. The van der Waals surface area contributed by atoms with E-state index < -0.39 is 8.07 Å². The van der Waals surface area contributed by atoms with Crippen LogP contribution in [0.1, 0.15) is 32.1 Å². The molecule has 0 saturated carbocycles. The van der Waals surface area contributed by atoms with Gasteiger partial charge in [-0.2, -0.15) is 0 Å². The highest BCUT2D eigenvalue weighted by molar-refractivity contribution is 6.76. The minimum absolute atomic E-state index is 0.250. The standard InChI is InChI=1S/C27H39N5OSi/c1-34(2,3)18-17-33-21-32-19-22(23-9-4-6-13-28-23)25-24(10-15-29-26(25)32)31-16-8-12-27(20-31)11-5-7-14-30-27/h4,6,9-10,13,15,19,30H,5,7-8,11-12,14,16-18,20-21H2,1-3H3. The van der Waals surface area contributed by atoms with Gasteiger partial charge in [-0.3, -0.25) is 4.98 Å². The molecule has 5 rings (SSSR count). The molecule has 0 bridgehead atoms. The molecule has 2 saturated heterocycles. The summed E-state index contributed by atoms with van der Waals surface area (Å²) in [6, 6.07) is 9.51. The zero-order valence-electron chi connectivity index (χ0n) is 21.0. The molecule has 0 aromatic carbocycles. The molecule has 0 aliphatic carbocycles. The third kappa shape index (κ3) is 5.06. The summed E-state index contributed by atoms with van der Waals surface area (Å²) >= 11 is 0. The Morgan fingerprint density at radius 2 is 1.94 bits per heavy atom. The number of piperidine rings is 2. The van der Waals surface area contributed by atoms with Crippen LogP contribution in [0.15, 0.2) is 42.9 Å². The second kappa shape index (κ2) is 9.80. The highest BCUT2D eigenvalue weighted by atomic mass is 28.3. The van der Waals surface area contributed by atoms with Gasteiger partial charge in [0.15, 0.2) is 0 Å². The van der Waals surface area contributed by atoms with E-state index in [0.717, 1.165) is 43.1 Å². The van der Waals surface area contributed by atoms with Crippen LogP contribution in [0, 0.1) is 0 Å². The summed E-state index contributed by atoms with van der Waals surface area (Å²) in [6.07, 6.45) is 12.4. The van der Waals surface area contributed by atoms with E-state index in [1.54, 1.807) is 0 Å². The van der Waals surface area contributed by atoms with Crippen LogP contribution < -0.4 is 10.2 Å². The molecule has 1 atom stereocenters. The van der Waals surface area contributed by atoms with Crippen molar-refractivity contribution in [2.75, 3.05) is 31.1 Å². The Balaban J connectivity index is 1.50. The number of anilines is 1. The Labute approximate surface area is 204 Å². The number of rotatable bonds is 7. The first-order chi connectivity index (χ1) is 16.4. The molecule has 182 valence electrons. The van der Waals surface area contributed by atoms with Gasteiger partial charge >= 0.3 is 0 Å².